The van der Waals surface area contributed by atoms with Crippen LogP contribution in [0, 0.1) is 5.92 Å². The summed E-state index contributed by atoms with van der Waals surface area (Å²) in [7, 11) is 0. The van der Waals surface area contributed by atoms with Crippen molar-refractivity contribution in [2.45, 2.75) is 26.3 Å². The van der Waals surface area contributed by atoms with Crippen LogP contribution >= 0.6 is 23.2 Å². The highest BCUT2D eigenvalue weighted by Crippen LogP contribution is 2.30. The molecule has 0 heterocycles. The van der Waals surface area contributed by atoms with Crippen LogP contribution in [-0.2, 0) is 6.54 Å². The summed E-state index contributed by atoms with van der Waals surface area (Å²) in [5.74, 6) is 0.415. The van der Waals surface area contributed by atoms with Crippen LogP contribution in [0.2, 0.25) is 10.0 Å². The Morgan fingerprint density at radius 1 is 1.33 bits per heavy atom. The van der Waals surface area contributed by atoms with Crippen molar-refractivity contribution < 1.29 is 10.2 Å². The Labute approximate surface area is 118 Å². The van der Waals surface area contributed by atoms with Gasteiger partial charge in [0.25, 0.3) is 0 Å². The average Bonchev–Trinajstić information content (AvgIpc) is 2.34. The molecular weight excluding hydrogens is 273 g/mol. The molecule has 102 valence electrons. The number of benzene rings is 1. The summed E-state index contributed by atoms with van der Waals surface area (Å²) in [6.45, 7) is 3.60. The number of hydrogen-bond acceptors (Lipinski definition) is 3. The van der Waals surface area contributed by atoms with Crippen molar-refractivity contribution in [3.05, 3.63) is 27.7 Å². The predicted molar refractivity (Wildman–Crippen MR) is 75.3 cm³/mol. The van der Waals surface area contributed by atoms with E-state index in [1.165, 1.54) is 6.07 Å². The molecule has 0 saturated heterocycles. The largest absolute Gasteiger partial charge is 0.506 e. The van der Waals surface area contributed by atoms with E-state index in [1.54, 1.807) is 6.07 Å². The highest BCUT2D eigenvalue weighted by molar-refractivity contribution is 6.35. The maximum atomic E-state index is 9.74. The third kappa shape index (κ3) is 5.02. The van der Waals surface area contributed by atoms with Gasteiger partial charge in [-0.15, -0.1) is 0 Å². The molecule has 1 unspecified atom stereocenters. The van der Waals surface area contributed by atoms with Gasteiger partial charge in [-0.1, -0.05) is 30.1 Å². The van der Waals surface area contributed by atoms with E-state index < -0.39 is 0 Å². The predicted octanol–water partition coefficient (Wildman–Crippen LogP) is 3.20. The SMILES string of the molecule is CC(CO)CCCNCc1cc(Cl)cc(Cl)c1O. The molecule has 0 spiro atoms. The van der Waals surface area contributed by atoms with E-state index in [-0.39, 0.29) is 17.4 Å². The smallest absolute Gasteiger partial charge is 0.138 e. The number of aliphatic hydroxyl groups excluding tert-OH is 1. The molecule has 0 aliphatic carbocycles. The van der Waals surface area contributed by atoms with Crippen molar-refractivity contribution in [1.29, 1.82) is 0 Å². The van der Waals surface area contributed by atoms with Gasteiger partial charge in [0.1, 0.15) is 5.75 Å². The van der Waals surface area contributed by atoms with E-state index in [2.05, 4.69) is 5.32 Å². The Hall–Kier alpha value is -0.480. The van der Waals surface area contributed by atoms with E-state index in [0.717, 1.165) is 19.4 Å². The van der Waals surface area contributed by atoms with Gasteiger partial charge in [0, 0.05) is 23.7 Å². The number of halogens is 2. The number of aromatic hydroxyl groups is 1. The summed E-state index contributed by atoms with van der Waals surface area (Å²) in [6.07, 6.45) is 1.96. The average molecular weight is 292 g/mol. The number of aliphatic hydroxyl groups is 1. The molecule has 0 aromatic heterocycles. The lowest BCUT2D eigenvalue weighted by Crippen LogP contribution is -2.16. The van der Waals surface area contributed by atoms with Gasteiger partial charge >= 0.3 is 0 Å². The second kappa shape index (κ2) is 7.85. The monoisotopic (exact) mass is 291 g/mol. The fourth-order valence-corrected chi connectivity index (χ4v) is 2.18. The highest BCUT2D eigenvalue weighted by Gasteiger charge is 2.07. The Morgan fingerprint density at radius 2 is 2.06 bits per heavy atom. The van der Waals surface area contributed by atoms with Gasteiger partial charge in [-0.05, 0) is 37.4 Å². The maximum Gasteiger partial charge on any atom is 0.138 e. The second-order valence-electron chi connectivity index (χ2n) is 4.50. The van der Waals surface area contributed by atoms with Crippen molar-refractivity contribution in [1.82, 2.24) is 5.32 Å². The molecule has 18 heavy (non-hydrogen) atoms. The van der Waals surface area contributed by atoms with Gasteiger partial charge in [-0.3, -0.25) is 0 Å². The van der Waals surface area contributed by atoms with Crippen molar-refractivity contribution in [3.8, 4) is 5.75 Å². The molecule has 1 atom stereocenters. The first-order valence-electron chi connectivity index (χ1n) is 6.03. The first kappa shape index (κ1) is 15.6. The molecule has 3 N–H and O–H groups in total. The van der Waals surface area contributed by atoms with Crippen LogP contribution < -0.4 is 5.32 Å². The molecule has 0 fully saturated rings. The summed E-state index contributed by atoms with van der Waals surface area (Å²) >= 11 is 11.7. The van der Waals surface area contributed by atoms with Crippen molar-refractivity contribution in [2.24, 2.45) is 5.92 Å². The zero-order chi connectivity index (χ0) is 13.5. The molecule has 5 heteroatoms. The molecule has 0 amide bonds. The van der Waals surface area contributed by atoms with Crippen molar-refractivity contribution in [3.63, 3.8) is 0 Å². The van der Waals surface area contributed by atoms with E-state index in [4.69, 9.17) is 28.3 Å². The summed E-state index contributed by atoms with van der Waals surface area (Å²) in [4.78, 5) is 0. The number of phenols is 1. The number of hydrogen-bond donors (Lipinski definition) is 3. The Kier molecular flexibility index (Phi) is 6.79. The summed E-state index contributed by atoms with van der Waals surface area (Å²) in [5, 5.41) is 22.6. The van der Waals surface area contributed by atoms with Gasteiger partial charge < -0.3 is 15.5 Å². The van der Waals surface area contributed by atoms with E-state index in [1.807, 2.05) is 6.92 Å². The summed E-state index contributed by atoms with van der Waals surface area (Å²) < 4.78 is 0. The van der Waals surface area contributed by atoms with E-state index in [9.17, 15) is 5.11 Å². The first-order valence-corrected chi connectivity index (χ1v) is 6.78. The van der Waals surface area contributed by atoms with Gasteiger partial charge in [0.05, 0.1) is 5.02 Å². The molecule has 0 bridgehead atoms. The van der Waals surface area contributed by atoms with E-state index in [0.29, 0.717) is 23.0 Å². The van der Waals surface area contributed by atoms with Gasteiger partial charge in [0.15, 0.2) is 0 Å². The minimum Gasteiger partial charge on any atom is -0.506 e. The minimum atomic E-state index is 0.0808. The minimum absolute atomic E-state index is 0.0808. The maximum absolute atomic E-state index is 9.74. The third-order valence-electron chi connectivity index (χ3n) is 2.78. The van der Waals surface area contributed by atoms with Gasteiger partial charge in [0.2, 0.25) is 0 Å². The molecule has 0 aliphatic heterocycles. The van der Waals surface area contributed by atoms with Crippen LogP contribution in [0.3, 0.4) is 0 Å². The van der Waals surface area contributed by atoms with Crippen molar-refractivity contribution >= 4 is 23.2 Å². The normalized spacial score (nSPS) is 12.7. The molecule has 3 nitrogen and oxygen atoms in total. The molecule has 0 radical (unpaired) electrons. The Balaban J connectivity index is 2.36. The van der Waals surface area contributed by atoms with E-state index >= 15 is 0 Å². The fourth-order valence-electron chi connectivity index (χ4n) is 1.64. The molecule has 1 rings (SSSR count). The standard InChI is InChI=1S/C13H19Cl2NO2/c1-9(8-17)3-2-4-16-7-10-5-11(14)6-12(15)13(10)18/h5-6,9,16-18H,2-4,7-8H2,1H3. The van der Waals surface area contributed by atoms with Gasteiger partial charge in [-0.25, -0.2) is 0 Å². The molecular formula is C13H19Cl2NO2. The topological polar surface area (TPSA) is 52.5 Å². The second-order valence-corrected chi connectivity index (χ2v) is 5.35. The van der Waals surface area contributed by atoms with Crippen LogP contribution in [0.25, 0.3) is 0 Å². The highest BCUT2D eigenvalue weighted by atomic mass is 35.5. The summed E-state index contributed by atoms with van der Waals surface area (Å²) in [5.41, 5.74) is 0.697. The van der Waals surface area contributed by atoms with Crippen LogP contribution in [0.1, 0.15) is 25.3 Å². The molecule has 0 aliphatic rings. The Bertz CT molecular complexity index is 385. The fraction of sp³-hybridized carbons (Fsp3) is 0.538. The van der Waals surface area contributed by atoms with Crippen LogP contribution in [0.4, 0.5) is 0 Å². The third-order valence-corrected chi connectivity index (χ3v) is 3.29. The van der Waals surface area contributed by atoms with Crippen LogP contribution in [-0.4, -0.2) is 23.4 Å². The van der Waals surface area contributed by atoms with Gasteiger partial charge in [-0.2, -0.15) is 0 Å². The quantitative estimate of drug-likeness (QED) is 0.676. The zero-order valence-corrected chi connectivity index (χ0v) is 11.9. The number of nitrogens with one attached hydrogen (secondary N) is 1. The van der Waals surface area contributed by atoms with Crippen LogP contribution in [0.15, 0.2) is 12.1 Å². The summed E-state index contributed by atoms with van der Waals surface area (Å²) in [6, 6.07) is 3.22. The lowest BCUT2D eigenvalue weighted by atomic mass is 10.1. The molecule has 0 saturated carbocycles. The lowest BCUT2D eigenvalue weighted by molar-refractivity contribution is 0.228. The van der Waals surface area contributed by atoms with Crippen LogP contribution in [0.5, 0.6) is 5.75 Å². The first-order chi connectivity index (χ1) is 8.54. The van der Waals surface area contributed by atoms with Crippen molar-refractivity contribution in [2.75, 3.05) is 13.2 Å². The Morgan fingerprint density at radius 3 is 2.72 bits per heavy atom. The molecule has 1 aromatic carbocycles. The lowest BCUT2D eigenvalue weighted by Gasteiger charge is -2.10. The zero-order valence-electron chi connectivity index (χ0n) is 10.4. The molecule has 1 aromatic rings. The number of rotatable bonds is 7. The number of phenolic OH excluding ortho intramolecular Hbond substituents is 1.